The number of alkyl halides is 3. The molecule has 180 valence electrons. The fourth-order valence-corrected chi connectivity index (χ4v) is 2.98. The number of pyridine rings is 2. The summed E-state index contributed by atoms with van der Waals surface area (Å²) in [5.74, 6) is 0.862. The zero-order chi connectivity index (χ0) is 24.9. The van der Waals surface area contributed by atoms with Crippen LogP contribution in [0.1, 0.15) is 16.8 Å². The number of carbonyl (C=O) groups excluding carboxylic acids is 1. The van der Waals surface area contributed by atoms with Crippen molar-refractivity contribution in [1.82, 2.24) is 15.0 Å². The summed E-state index contributed by atoms with van der Waals surface area (Å²) in [6, 6.07) is 10.2. The summed E-state index contributed by atoms with van der Waals surface area (Å²) in [7, 11) is 2.96. The molecule has 1 amide bonds. The number of hydrogen-bond acceptors (Lipinski definition) is 8. The van der Waals surface area contributed by atoms with Crippen LogP contribution in [0.15, 0.2) is 42.5 Å². The Kier molecular flexibility index (Phi) is 7.41. The number of amides is 1. The first-order chi connectivity index (χ1) is 16.1. The molecular formula is C22H23F3N6O3. The first-order valence-electron chi connectivity index (χ1n) is 9.97. The molecule has 0 fully saturated rings. The zero-order valence-corrected chi connectivity index (χ0v) is 18.6. The van der Waals surface area contributed by atoms with E-state index in [1.54, 1.807) is 31.2 Å². The number of nitrogens with zero attached hydrogens (tertiary/aromatic N) is 3. The van der Waals surface area contributed by atoms with E-state index in [0.29, 0.717) is 34.7 Å². The van der Waals surface area contributed by atoms with Gasteiger partial charge >= 0.3 is 6.18 Å². The highest BCUT2D eigenvalue weighted by Crippen LogP contribution is 2.34. The second-order valence-electron chi connectivity index (χ2n) is 7.21. The lowest BCUT2D eigenvalue weighted by Gasteiger charge is -2.20. The van der Waals surface area contributed by atoms with E-state index in [1.807, 2.05) is 0 Å². The Morgan fingerprint density at radius 1 is 1.09 bits per heavy atom. The van der Waals surface area contributed by atoms with E-state index in [9.17, 15) is 23.1 Å². The first-order valence-corrected chi connectivity index (χ1v) is 9.97. The molecule has 3 rings (SSSR count). The standard InChI is InChI=1S/C22H23F3N6O3/c1-13-16(26-15-8-7-14(11-32)9-17(15)34-3)10-20(29-21(13)30-31(2)12-33)28-19-6-4-5-18(27-19)22(23,24)25/h4-10,12,32H,11H2,1-3H3,(H3,26,27,28,29,30). The molecule has 2 heterocycles. The van der Waals surface area contributed by atoms with E-state index in [2.05, 4.69) is 26.0 Å². The van der Waals surface area contributed by atoms with Crippen molar-refractivity contribution in [3.05, 3.63) is 59.3 Å². The highest BCUT2D eigenvalue weighted by molar-refractivity contribution is 5.76. The molecule has 0 aliphatic carbocycles. The minimum atomic E-state index is -4.60. The number of aliphatic hydroxyl groups excluding tert-OH is 1. The summed E-state index contributed by atoms with van der Waals surface area (Å²) in [5, 5.41) is 16.5. The van der Waals surface area contributed by atoms with E-state index in [0.717, 1.165) is 11.1 Å². The predicted molar refractivity (Wildman–Crippen MR) is 121 cm³/mol. The Bertz CT molecular complexity index is 1170. The summed E-state index contributed by atoms with van der Waals surface area (Å²) in [6.07, 6.45) is -4.05. The van der Waals surface area contributed by atoms with Gasteiger partial charge in [-0.15, -0.1) is 0 Å². The van der Waals surface area contributed by atoms with E-state index >= 15 is 0 Å². The molecule has 4 N–H and O–H groups in total. The van der Waals surface area contributed by atoms with Crippen LogP contribution in [-0.2, 0) is 17.6 Å². The fraction of sp³-hybridized carbons (Fsp3) is 0.227. The van der Waals surface area contributed by atoms with Gasteiger partial charge in [0.25, 0.3) is 0 Å². The van der Waals surface area contributed by atoms with Crippen LogP contribution < -0.4 is 20.8 Å². The van der Waals surface area contributed by atoms with Gasteiger partial charge in [-0.3, -0.25) is 15.2 Å². The lowest BCUT2D eigenvalue weighted by atomic mass is 10.1. The normalized spacial score (nSPS) is 11.0. The van der Waals surface area contributed by atoms with Crippen molar-refractivity contribution in [3.63, 3.8) is 0 Å². The van der Waals surface area contributed by atoms with Crippen LogP contribution in [0.25, 0.3) is 0 Å². The molecule has 12 heteroatoms. The summed E-state index contributed by atoms with van der Waals surface area (Å²) in [5.41, 5.74) is 4.13. The van der Waals surface area contributed by atoms with Crippen LogP contribution in [0.5, 0.6) is 5.75 Å². The van der Waals surface area contributed by atoms with Gasteiger partial charge in [-0.2, -0.15) is 13.2 Å². The van der Waals surface area contributed by atoms with Crippen molar-refractivity contribution in [2.45, 2.75) is 19.7 Å². The number of aliphatic hydroxyl groups is 1. The Hall–Kier alpha value is -4.06. The smallest absolute Gasteiger partial charge is 0.433 e. The molecule has 0 atom stereocenters. The topological polar surface area (TPSA) is 112 Å². The second kappa shape index (κ2) is 10.3. The molecular weight excluding hydrogens is 453 g/mol. The minimum Gasteiger partial charge on any atom is -0.495 e. The van der Waals surface area contributed by atoms with Gasteiger partial charge in [0.1, 0.15) is 23.1 Å². The van der Waals surface area contributed by atoms with E-state index in [4.69, 9.17) is 4.74 Å². The molecule has 0 unspecified atom stereocenters. The van der Waals surface area contributed by atoms with Gasteiger partial charge < -0.3 is 20.5 Å². The summed E-state index contributed by atoms with van der Waals surface area (Å²) < 4.78 is 44.5. The maximum Gasteiger partial charge on any atom is 0.433 e. The average Bonchev–Trinajstić information content (AvgIpc) is 2.81. The number of benzene rings is 1. The third kappa shape index (κ3) is 5.84. The Labute approximate surface area is 193 Å². The third-order valence-electron chi connectivity index (χ3n) is 4.73. The molecule has 9 nitrogen and oxygen atoms in total. The number of ether oxygens (including phenoxy) is 1. The molecule has 0 bridgehead atoms. The number of nitrogens with one attached hydrogen (secondary N) is 3. The van der Waals surface area contributed by atoms with Gasteiger partial charge in [0.15, 0.2) is 5.82 Å². The van der Waals surface area contributed by atoms with Crippen LogP contribution in [0, 0.1) is 6.92 Å². The highest BCUT2D eigenvalue weighted by Gasteiger charge is 2.32. The van der Waals surface area contributed by atoms with E-state index in [-0.39, 0.29) is 24.1 Å². The first kappa shape index (κ1) is 24.6. The molecule has 0 spiro atoms. The largest absolute Gasteiger partial charge is 0.495 e. The number of methoxy groups -OCH3 is 1. The van der Waals surface area contributed by atoms with Crippen LogP contribution in [0.3, 0.4) is 0 Å². The maximum atomic E-state index is 13.0. The summed E-state index contributed by atoms with van der Waals surface area (Å²) in [6.45, 7) is 1.59. The quantitative estimate of drug-likeness (QED) is 0.269. The third-order valence-corrected chi connectivity index (χ3v) is 4.73. The number of hydrazine groups is 1. The number of carbonyl (C=O) groups is 1. The van der Waals surface area contributed by atoms with Crippen LogP contribution in [-0.4, -0.2) is 40.7 Å². The van der Waals surface area contributed by atoms with Gasteiger partial charge in [0.05, 0.1) is 19.4 Å². The van der Waals surface area contributed by atoms with Gasteiger partial charge in [-0.1, -0.05) is 12.1 Å². The molecule has 0 saturated carbocycles. The SMILES string of the molecule is COc1cc(CO)ccc1Nc1cc(Nc2cccc(C(F)(F)F)n2)nc(NN(C)C=O)c1C. The van der Waals surface area contributed by atoms with Crippen molar-refractivity contribution >= 4 is 35.2 Å². The molecule has 0 saturated heterocycles. The van der Waals surface area contributed by atoms with Crippen LogP contribution >= 0.6 is 0 Å². The summed E-state index contributed by atoms with van der Waals surface area (Å²) in [4.78, 5) is 19.1. The van der Waals surface area contributed by atoms with Gasteiger partial charge in [-0.25, -0.2) is 9.97 Å². The molecule has 3 aromatic rings. The molecule has 0 radical (unpaired) electrons. The number of rotatable bonds is 9. The number of aromatic nitrogens is 2. The Morgan fingerprint density at radius 3 is 2.50 bits per heavy atom. The Balaban J connectivity index is 2.02. The van der Waals surface area contributed by atoms with Crippen molar-refractivity contribution in [2.75, 3.05) is 30.2 Å². The number of hydrogen-bond donors (Lipinski definition) is 4. The maximum absolute atomic E-state index is 13.0. The minimum absolute atomic E-state index is 0.0586. The van der Waals surface area contributed by atoms with Crippen LogP contribution in [0.4, 0.5) is 42.0 Å². The number of anilines is 5. The van der Waals surface area contributed by atoms with E-state index < -0.39 is 11.9 Å². The molecule has 0 aliphatic rings. The van der Waals surface area contributed by atoms with Crippen molar-refractivity contribution < 1.29 is 27.8 Å². The Morgan fingerprint density at radius 2 is 1.85 bits per heavy atom. The second-order valence-corrected chi connectivity index (χ2v) is 7.21. The monoisotopic (exact) mass is 476 g/mol. The van der Waals surface area contributed by atoms with Crippen molar-refractivity contribution in [2.24, 2.45) is 0 Å². The molecule has 0 aliphatic heterocycles. The van der Waals surface area contributed by atoms with Gasteiger partial charge in [0, 0.05) is 24.4 Å². The lowest BCUT2D eigenvalue weighted by molar-refractivity contribution is -0.141. The van der Waals surface area contributed by atoms with Gasteiger partial charge in [-0.05, 0) is 36.8 Å². The highest BCUT2D eigenvalue weighted by atomic mass is 19.4. The number of halogens is 3. The van der Waals surface area contributed by atoms with Crippen molar-refractivity contribution in [1.29, 1.82) is 0 Å². The summed E-state index contributed by atoms with van der Waals surface area (Å²) >= 11 is 0. The van der Waals surface area contributed by atoms with Gasteiger partial charge in [0.2, 0.25) is 6.41 Å². The van der Waals surface area contributed by atoms with E-state index in [1.165, 1.54) is 26.3 Å². The zero-order valence-electron chi connectivity index (χ0n) is 18.6. The predicted octanol–water partition coefficient (Wildman–Crippen LogP) is 4.21. The average molecular weight is 476 g/mol. The molecule has 34 heavy (non-hydrogen) atoms. The molecule has 1 aromatic carbocycles. The lowest BCUT2D eigenvalue weighted by Crippen LogP contribution is -2.24. The fourth-order valence-electron chi connectivity index (χ4n) is 2.98. The van der Waals surface area contributed by atoms with Crippen LogP contribution in [0.2, 0.25) is 0 Å². The van der Waals surface area contributed by atoms with Crippen molar-refractivity contribution in [3.8, 4) is 5.75 Å². The molecule has 2 aromatic heterocycles.